The van der Waals surface area contributed by atoms with Gasteiger partial charge in [0.25, 0.3) is 0 Å². The second kappa shape index (κ2) is 5.84. The summed E-state index contributed by atoms with van der Waals surface area (Å²) in [6.45, 7) is 9.63. The first-order valence-corrected chi connectivity index (χ1v) is 5.21. The van der Waals surface area contributed by atoms with Gasteiger partial charge in [-0.3, -0.25) is 5.01 Å². The van der Waals surface area contributed by atoms with Crippen molar-refractivity contribution >= 4 is 6.34 Å². The van der Waals surface area contributed by atoms with Crippen molar-refractivity contribution in [1.29, 1.82) is 0 Å². The molecular formula is C10H19N3. The van der Waals surface area contributed by atoms with Gasteiger partial charge in [-0.05, 0) is 12.8 Å². The molecule has 0 aromatic heterocycles. The van der Waals surface area contributed by atoms with Crippen LogP contribution in [0.1, 0.15) is 39.5 Å². The van der Waals surface area contributed by atoms with Crippen molar-refractivity contribution in [2.24, 2.45) is 5.10 Å². The summed E-state index contributed by atoms with van der Waals surface area (Å²) in [6, 6.07) is 0. The lowest BCUT2D eigenvalue weighted by molar-refractivity contribution is 0.300. The Kier molecular flexibility index (Phi) is 4.65. The molecule has 1 heterocycles. The van der Waals surface area contributed by atoms with E-state index in [0.29, 0.717) is 0 Å². The molecule has 1 rings (SSSR count). The van der Waals surface area contributed by atoms with Crippen molar-refractivity contribution in [1.82, 2.24) is 9.91 Å². The molecule has 0 saturated carbocycles. The van der Waals surface area contributed by atoms with Gasteiger partial charge in [-0.25, -0.2) is 0 Å². The largest absolute Gasteiger partial charge is 0.329 e. The molecule has 1 aliphatic rings. The first kappa shape index (κ1) is 10.4. The summed E-state index contributed by atoms with van der Waals surface area (Å²) in [6.07, 6.45) is 6.70. The minimum Gasteiger partial charge on any atom is -0.329 e. The van der Waals surface area contributed by atoms with Crippen LogP contribution < -0.4 is 0 Å². The van der Waals surface area contributed by atoms with Gasteiger partial charge in [0.15, 0.2) is 0 Å². The molecule has 0 spiro atoms. The van der Waals surface area contributed by atoms with Gasteiger partial charge in [0.05, 0.1) is 0 Å². The summed E-state index contributed by atoms with van der Waals surface area (Å²) < 4.78 is 0. The molecule has 1 aliphatic heterocycles. The van der Waals surface area contributed by atoms with Crippen LogP contribution in [0.4, 0.5) is 0 Å². The zero-order chi connectivity index (χ0) is 9.52. The van der Waals surface area contributed by atoms with Gasteiger partial charge in [-0.2, -0.15) is 5.10 Å². The summed E-state index contributed by atoms with van der Waals surface area (Å²) >= 11 is 0. The van der Waals surface area contributed by atoms with Gasteiger partial charge in [0.2, 0.25) is 6.67 Å². The van der Waals surface area contributed by atoms with Crippen molar-refractivity contribution in [3.05, 3.63) is 6.67 Å². The lowest BCUT2D eigenvalue weighted by Crippen LogP contribution is -2.22. The number of nitrogens with zero attached hydrogens (tertiary/aromatic N) is 3. The molecule has 0 aromatic rings. The van der Waals surface area contributed by atoms with E-state index in [0.717, 1.165) is 13.1 Å². The summed E-state index contributed by atoms with van der Waals surface area (Å²) in [5.41, 5.74) is 0. The molecule has 3 heteroatoms. The summed E-state index contributed by atoms with van der Waals surface area (Å²) in [5.74, 6) is 0. The first-order valence-electron chi connectivity index (χ1n) is 5.21. The van der Waals surface area contributed by atoms with Crippen LogP contribution in [0.5, 0.6) is 0 Å². The standard InChI is InChI=1S/C10H19N3/c1-3-5-7-12-9-11-13(10-12)8-6-4-2/h9H,3-8H2,1-2H3. The average molecular weight is 181 g/mol. The smallest absolute Gasteiger partial charge is 0.227 e. The monoisotopic (exact) mass is 181 g/mol. The molecule has 13 heavy (non-hydrogen) atoms. The van der Waals surface area contributed by atoms with E-state index in [1.807, 2.05) is 16.2 Å². The third kappa shape index (κ3) is 3.66. The highest BCUT2D eigenvalue weighted by molar-refractivity contribution is 5.57. The molecule has 0 saturated heterocycles. The van der Waals surface area contributed by atoms with E-state index in [9.17, 15) is 0 Å². The Balaban J connectivity index is 2.10. The molecule has 3 nitrogen and oxygen atoms in total. The van der Waals surface area contributed by atoms with Gasteiger partial charge in [0, 0.05) is 13.1 Å². The van der Waals surface area contributed by atoms with E-state index in [1.165, 1.54) is 25.7 Å². The molecule has 0 aliphatic carbocycles. The van der Waals surface area contributed by atoms with Crippen molar-refractivity contribution in [2.75, 3.05) is 13.1 Å². The van der Waals surface area contributed by atoms with Gasteiger partial charge < -0.3 is 4.90 Å². The molecule has 74 valence electrons. The minimum absolute atomic E-state index is 0.996. The van der Waals surface area contributed by atoms with Crippen LogP contribution in [-0.4, -0.2) is 29.3 Å². The Bertz CT molecular complexity index is 140. The summed E-state index contributed by atoms with van der Waals surface area (Å²) in [7, 11) is 0. The van der Waals surface area contributed by atoms with Crippen molar-refractivity contribution in [3.63, 3.8) is 0 Å². The molecular weight excluding hydrogens is 162 g/mol. The van der Waals surface area contributed by atoms with Crippen LogP contribution >= 0.6 is 0 Å². The van der Waals surface area contributed by atoms with Crippen LogP contribution in [0, 0.1) is 6.67 Å². The number of hydrogen-bond donors (Lipinski definition) is 0. The van der Waals surface area contributed by atoms with E-state index >= 15 is 0 Å². The third-order valence-corrected chi connectivity index (χ3v) is 2.05. The van der Waals surface area contributed by atoms with Crippen LogP contribution in [0.25, 0.3) is 0 Å². The molecule has 2 radical (unpaired) electrons. The van der Waals surface area contributed by atoms with Crippen molar-refractivity contribution in [2.45, 2.75) is 39.5 Å². The van der Waals surface area contributed by atoms with E-state index < -0.39 is 0 Å². The van der Waals surface area contributed by atoms with Gasteiger partial charge >= 0.3 is 0 Å². The summed E-state index contributed by atoms with van der Waals surface area (Å²) in [5, 5.41) is 6.13. The van der Waals surface area contributed by atoms with Gasteiger partial charge in [-0.15, -0.1) is 0 Å². The number of hydrazone groups is 1. The maximum atomic E-state index is 4.23. The van der Waals surface area contributed by atoms with E-state index in [1.54, 1.807) is 0 Å². The first-order chi connectivity index (χ1) is 6.36. The predicted molar refractivity (Wildman–Crippen MR) is 55.0 cm³/mol. The zero-order valence-corrected chi connectivity index (χ0v) is 8.66. The zero-order valence-electron chi connectivity index (χ0n) is 8.66. The molecule has 0 unspecified atom stereocenters. The second-order valence-electron chi connectivity index (χ2n) is 3.35. The highest BCUT2D eigenvalue weighted by Crippen LogP contribution is 2.09. The fourth-order valence-corrected chi connectivity index (χ4v) is 1.18. The van der Waals surface area contributed by atoms with Crippen LogP contribution in [0.3, 0.4) is 0 Å². The maximum absolute atomic E-state index is 4.23. The Morgan fingerprint density at radius 2 is 1.85 bits per heavy atom. The topological polar surface area (TPSA) is 18.8 Å². The van der Waals surface area contributed by atoms with E-state index in [-0.39, 0.29) is 0 Å². The number of hydrogen-bond acceptors (Lipinski definition) is 3. The molecule has 0 N–H and O–H groups in total. The lowest BCUT2D eigenvalue weighted by Gasteiger charge is -2.15. The quantitative estimate of drug-likeness (QED) is 0.625. The van der Waals surface area contributed by atoms with Crippen LogP contribution in [0.15, 0.2) is 5.10 Å². The van der Waals surface area contributed by atoms with Crippen LogP contribution in [0.2, 0.25) is 0 Å². The SMILES string of the molecule is CCCCN1[C]N(CCCC)N=C1. The highest BCUT2D eigenvalue weighted by atomic mass is 15.6. The molecule has 0 fully saturated rings. The molecule has 0 bridgehead atoms. The number of unbranched alkanes of at least 4 members (excludes halogenated alkanes) is 2. The fourth-order valence-electron chi connectivity index (χ4n) is 1.18. The Morgan fingerprint density at radius 3 is 2.54 bits per heavy atom. The summed E-state index contributed by atoms with van der Waals surface area (Å²) in [4.78, 5) is 2.04. The lowest BCUT2D eigenvalue weighted by atomic mass is 10.3. The minimum atomic E-state index is 0.996. The highest BCUT2D eigenvalue weighted by Gasteiger charge is 2.14. The van der Waals surface area contributed by atoms with E-state index in [2.05, 4.69) is 25.6 Å². The molecule has 0 amide bonds. The average Bonchev–Trinajstić information content (AvgIpc) is 2.59. The molecule has 0 atom stereocenters. The Labute approximate surface area is 81.4 Å². The molecule has 0 aromatic carbocycles. The second-order valence-corrected chi connectivity index (χ2v) is 3.35. The van der Waals surface area contributed by atoms with Gasteiger partial charge in [-0.1, -0.05) is 26.7 Å². The predicted octanol–water partition coefficient (Wildman–Crippen LogP) is 2.14. The Morgan fingerprint density at radius 1 is 1.15 bits per heavy atom. The number of rotatable bonds is 6. The van der Waals surface area contributed by atoms with Crippen molar-refractivity contribution in [3.8, 4) is 0 Å². The fraction of sp³-hybridized carbons (Fsp3) is 0.800. The van der Waals surface area contributed by atoms with Gasteiger partial charge in [0.1, 0.15) is 6.34 Å². The Hall–Kier alpha value is -0.730. The van der Waals surface area contributed by atoms with Crippen LogP contribution in [-0.2, 0) is 0 Å². The normalized spacial score (nSPS) is 15.8. The third-order valence-electron chi connectivity index (χ3n) is 2.05. The maximum Gasteiger partial charge on any atom is 0.227 e. The van der Waals surface area contributed by atoms with Crippen molar-refractivity contribution < 1.29 is 0 Å². The van der Waals surface area contributed by atoms with E-state index in [4.69, 9.17) is 0 Å².